The van der Waals surface area contributed by atoms with Crippen molar-refractivity contribution in [2.24, 2.45) is 5.41 Å². The Hall–Kier alpha value is -0.120. The van der Waals surface area contributed by atoms with Gasteiger partial charge in [-0.05, 0) is 47.6 Å². The number of piperazine rings is 1. The molecule has 110 valence electrons. The molecule has 2 aliphatic heterocycles. The molecule has 3 fully saturated rings. The summed E-state index contributed by atoms with van der Waals surface area (Å²) in [7, 11) is 2.24. The maximum atomic E-state index is 2.79. The molecule has 2 unspecified atom stereocenters. The van der Waals surface area contributed by atoms with E-state index in [4.69, 9.17) is 0 Å². The van der Waals surface area contributed by atoms with Gasteiger partial charge in [0.2, 0.25) is 0 Å². The van der Waals surface area contributed by atoms with E-state index in [-0.39, 0.29) is 0 Å². The number of rotatable bonds is 2. The quantitative estimate of drug-likeness (QED) is 0.755. The number of hydrogen-bond acceptors (Lipinski definition) is 3. The van der Waals surface area contributed by atoms with Gasteiger partial charge in [0.15, 0.2) is 0 Å². The third-order valence-electron chi connectivity index (χ3n) is 5.57. The molecule has 0 radical (unpaired) electrons. The second-order valence-corrected chi connectivity index (χ2v) is 8.29. The van der Waals surface area contributed by atoms with Gasteiger partial charge in [-0.15, -0.1) is 0 Å². The molecule has 3 atom stereocenters. The first kappa shape index (κ1) is 13.8. The average molecular weight is 265 g/mol. The van der Waals surface area contributed by atoms with Crippen LogP contribution in [0, 0.1) is 5.41 Å². The standard InChI is InChI=1S/C16H31N3/c1-13-10-16(11-14(16)19(13)15(2,3)4)12-18-8-6-17(5)7-9-18/h13-14H,6-12H2,1-5H3/t13-,14?,16?/m1/s1. The van der Waals surface area contributed by atoms with Gasteiger partial charge in [0.05, 0.1) is 0 Å². The molecule has 0 amide bonds. The molecule has 3 nitrogen and oxygen atoms in total. The number of likely N-dealkylation sites (tertiary alicyclic amines) is 1. The lowest BCUT2D eigenvalue weighted by atomic mass is 9.98. The first-order chi connectivity index (χ1) is 8.82. The predicted octanol–water partition coefficient (Wildman–Crippen LogP) is 1.89. The van der Waals surface area contributed by atoms with Crippen LogP contribution in [0.25, 0.3) is 0 Å². The Morgan fingerprint density at radius 2 is 1.68 bits per heavy atom. The summed E-state index contributed by atoms with van der Waals surface area (Å²) in [4.78, 5) is 7.97. The summed E-state index contributed by atoms with van der Waals surface area (Å²) in [5, 5.41) is 0. The number of hydrogen-bond donors (Lipinski definition) is 0. The fourth-order valence-electron chi connectivity index (χ4n) is 4.75. The van der Waals surface area contributed by atoms with E-state index >= 15 is 0 Å². The molecular formula is C16H31N3. The van der Waals surface area contributed by atoms with E-state index in [1.54, 1.807) is 0 Å². The normalized spacial score (nSPS) is 41.5. The second kappa shape index (κ2) is 4.44. The van der Waals surface area contributed by atoms with E-state index in [0.29, 0.717) is 11.0 Å². The monoisotopic (exact) mass is 265 g/mol. The van der Waals surface area contributed by atoms with E-state index in [0.717, 1.165) is 12.1 Å². The summed E-state index contributed by atoms with van der Waals surface area (Å²) in [5.41, 5.74) is 0.979. The largest absolute Gasteiger partial charge is 0.304 e. The minimum atomic E-state index is 0.338. The van der Waals surface area contributed by atoms with Crippen molar-refractivity contribution >= 4 is 0 Å². The Kier molecular flexibility index (Phi) is 3.23. The zero-order chi connectivity index (χ0) is 13.8. The van der Waals surface area contributed by atoms with Crippen molar-refractivity contribution in [2.75, 3.05) is 39.8 Å². The van der Waals surface area contributed by atoms with Gasteiger partial charge >= 0.3 is 0 Å². The Morgan fingerprint density at radius 1 is 1.05 bits per heavy atom. The van der Waals surface area contributed by atoms with Crippen molar-refractivity contribution in [3.8, 4) is 0 Å². The van der Waals surface area contributed by atoms with Crippen molar-refractivity contribution in [3.05, 3.63) is 0 Å². The first-order valence-electron chi connectivity index (χ1n) is 8.01. The van der Waals surface area contributed by atoms with Gasteiger partial charge in [-0.3, -0.25) is 4.90 Å². The molecule has 19 heavy (non-hydrogen) atoms. The van der Waals surface area contributed by atoms with Crippen LogP contribution in [-0.4, -0.2) is 72.1 Å². The van der Waals surface area contributed by atoms with Crippen LogP contribution in [-0.2, 0) is 0 Å². The molecule has 0 spiro atoms. The predicted molar refractivity (Wildman–Crippen MR) is 80.4 cm³/mol. The number of nitrogens with zero attached hydrogens (tertiary/aromatic N) is 3. The van der Waals surface area contributed by atoms with Crippen molar-refractivity contribution in [1.82, 2.24) is 14.7 Å². The van der Waals surface area contributed by atoms with E-state index in [1.165, 1.54) is 45.6 Å². The highest BCUT2D eigenvalue weighted by molar-refractivity contribution is 5.19. The molecular weight excluding hydrogens is 234 g/mol. The lowest BCUT2D eigenvalue weighted by molar-refractivity contribution is 0.103. The fraction of sp³-hybridized carbons (Fsp3) is 1.00. The fourth-order valence-corrected chi connectivity index (χ4v) is 4.75. The number of piperidine rings is 1. The Labute approximate surface area is 118 Å². The van der Waals surface area contributed by atoms with Crippen LogP contribution in [0.5, 0.6) is 0 Å². The number of likely N-dealkylation sites (N-methyl/N-ethyl adjacent to an activating group) is 1. The van der Waals surface area contributed by atoms with Crippen LogP contribution in [0.2, 0.25) is 0 Å². The Morgan fingerprint density at radius 3 is 2.21 bits per heavy atom. The first-order valence-corrected chi connectivity index (χ1v) is 8.01. The molecule has 3 rings (SSSR count). The molecule has 3 heteroatoms. The third-order valence-corrected chi connectivity index (χ3v) is 5.57. The second-order valence-electron chi connectivity index (χ2n) is 8.29. The zero-order valence-corrected chi connectivity index (χ0v) is 13.4. The molecule has 0 bridgehead atoms. The highest BCUT2D eigenvalue weighted by Crippen LogP contribution is 2.61. The lowest BCUT2D eigenvalue weighted by Crippen LogP contribution is -2.47. The van der Waals surface area contributed by atoms with Gasteiger partial charge in [-0.1, -0.05) is 0 Å². The van der Waals surface area contributed by atoms with E-state index in [9.17, 15) is 0 Å². The molecule has 2 saturated heterocycles. The number of fused-ring (bicyclic) bond motifs is 1. The summed E-state index contributed by atoms with van der Waals surface area (Å²) in [6.45, 7) is 16.0. The Balaban J connectivity index is 1.62. The third kappa shape index (κ3) is 2.45. The lowest BCUT2D eigenvalue weighted by Gasteiger charge is -2.37. The molecule has 3 aliphatic rings. The Bertz CT molecular complexity index is 340. The van der Waals surface area contributed by atoms with Gasteiger partial charge in [0.25, 0.3) is 0 Å². The minimum Gasteiger partial charge on any atom is -0.304 e. The van der Waals surface area contributed by atoms with Gasteiger partial charge in [0.1, 0.15) is 0 Å². The smallest absolute Gasteiger partial charge is 0.0179 e. The van der Waals surface area contributed by atoms with E-state index < -0.39 is 0 Å². The molecule has 0 N–H and O–H groups in total. The maximum absolute atomic E-state index is 2.79. The van der Waals surface area contributed by atoms with Crippen LogP contribution in [0.1, 0.15) is 40.5 Å². The van der Waals surface area contributed by atoms with Crippen LogP contribution >= 0.6 is 0 Å². The average Bonchev–Trinajstić information content (AvgIpc) is 2.85. The van der Waals surface area contributed by atoms with Gasteiger partial charge in [0, 0.05) is 55.8 Å². The maximum Gasteiger partial charge on any atom is 0.0179 e. The van der Waals surface area contributed by atoms with Gasteiger partial charge < -0.3 is 9.80 Å². The molecule has 1 saturated carbocycles. The van der Waals surface area contributed by atoms with Crippen molar-refractivity contribution in [3.63, 3.8) is 0 Å². The summed E-state index contributed by atoms with van der Waals surface area (Å²) >= 11 is 0. The van der Waals surface area contributed by atoms with Gasteiger partial charge in [-0.25, -0.2) is 0 Å². The van der Waals surface area contributed by atoms with E-state index in [2.05, 4.69) is 49.4 Å². The topological polar surface area (TPSA) is 9.72 Å². The van der Waals surface area contributed by atoms with Crippen molar-refractivity contribution < 1.29 is 0 Å². The van der Waals surface area contributed by atoms with Crippen LogP contribution < -0.4 is 0 Å². The minimum absolute atomic E-state index is 0.338. The van der Waals surface area contributed by atoms with Crippen LogP contribution in [0.3, 0.4) is 0 Å². The van der Waals surface area contributed by atoms with Gasteiger partial charge in [-0.2, -0.15) is 0 Å². The van der Waals surface area contributed by atoms with E-state index in [1.807, 2.05) is 0 Å². The van der Waals surface area contributed by atoms with Crippen LogP contribution in [0.15, 0.2) is 0 Å². The highest BCUT2D eigenvalue weighted by atomic mass is 15.3. The molecule has 2 heterocycles. The molecule has 0 aromatic rings. The van der Waals surface area contributed by atoms with Crippen molar-refractivity contribution in [2.45, 2.75) is 58.2 Å². The van der Waals surface area contributed by atoms with Crippen molar-refractivity contribution in [1.29, 1.82) is 0 Å². The summed E-state index contributed by atoms with van der Waals surface area (Å²) in [6.07, 6.45) is 2.86. The van der Waals surface area contributed by atoms with Crippen LogP contribution in [0.4, 0.5) is 0 Å². The molecule has 0 aromatic carbocycles. The zero-order valence-electron chi connectivity index (χ0n) is 13.4. The summed E-state index contributed by atoms with van der Waals surface area (Å²) in [5.74, 6) is 0. The SMILES string of the molecule is C[C@@H]1CC2(CN3CCN(C)CC3)CC2N1C(C)(C)C. The highest BCUT2D eigenvalue weighted by Gasteiger charge is 2.65. The molecule has 1 aliphatic carbocycles. The molecule has 0 aromatic heterocycles. The summed E-state index contributed by atoms with van der Waals surface area (Å²) < 4.78 is 0. The summed E-state index contributed by atoms with van der Waals surface area (Å²) in [6, 6.07) is 1.63.